The van der Waals surface area contributed by atoms with Gasteiger partial charge in [-0.1, -0.05) is 36.4 Å². The van der Waals surface area contributed by atoms with Crippen LogP contribution in [0.3, 0.4) is 0 Å². The van der Waals surface area contributed by atoms with Gasteiger partial charge in [0, 0.05) is 0 Å². The van der Waals surface area contributed by atoms with Crippen LogP contribution in [0.1, 0.15) is 40.4 Å². The van der Waals surface area contributed by atoms with E-state index in [0.717, 1.165) is 25.5 Å². The summed E-state index contributed by atoms with van der Waals surface area (Å²) in [5.41, 5.74) is 2.94. The number of hydrogen-bond donors (Lipinski definition) is 1. The van der Waals surface area contributed by atoms with Crippen LogP contribution in [0.2, 0.25) is 0 Å². The Morgan fingerprint density at radius 2 is 1.96 bits per heavy atom. The van der Waals surface area contributed by atoms with Gasteiger partial charge in [-0.25, -0.2) is 0 Å². The van der Waals surface area contributed by atoms with Crippen molar-refractivity contribution in [2.45, 2.75) is 25.3 Å². The minimum absolute atomic E-state index is 0.0392. The Balaban J connectivity index is 1.61. The van der Waals surface area contributed by atoms with E-state index < -0.39 is 0 Å². The highest BCUT2D eigenvalue weighted by Gasteiger charge is 2.21. The summed E-state index contributed by atoms with van der Waals surface area (Å²) in [4.78, 5) is 23.1. The summed E-state index contributed by atoms with van der Waals surface area (Å²) < 4.78 is 5.48. The van der Waals surface area contributed by atoms with E-state index in [4.69, 9.17) is 4.74 Å². The van der Waals surface area contributed by atoms with Gasteiger partial charge in [0.05, 0.1) is 11.6 Å². The Labute approximate surface area is 135 Å². The van der Waals surface area contributed by atoms with E-state index in [2.05, 4.69) is 17.4 Å². The Morgan fingerprint density at radius 3 is 2.83 bits per heavy atom. The first-order valence-corrected chi connectivity index (χ1v) is 7.82. The number of amides is 1. The van der Waals surface area contributed by atoms with Crippen LogP contribution in [0.4, 0.5) is 0 Å². The third-order valence-corrected chi connectivity index (χ3v) is 4.11. The van der Waals surface area contributed by atoms with Crippen LogP contribution >= 0.6 is 0 Å². The van der Waals surface area contributed by atoms with Crippen molar-refractivity contribution in [3.05, 3.63) is 65.2 Å². The van der Waals surface area contributed by atoms with Crippen molar-refractivity contribution in [3.63, 3.8) is 0 Å². The maximum atomic E-state index is 12.2. The van der Waals surface area contributed by atoms with Crippen LogP contribution in [0.15, 0.2) is 48.5 Å². The van der Waals surface area contributed by atoms with Gasteiger partial charge < -0.3 is 10.1 Å². The molecule has 0 saturated carbocycles. The molecule has 0 aromatic heterocycles. The highest BCUT2D eigenvalue weighted by atomic mass is 16.5. The fourth-order valence-electron chi connectivity index (χ4n) is 2.99. The number of aryl methyl sites for hydroxylation is 1. The predicted molar refractivity (Wildman–Crippen MR) is 87.6 cm³/mol. The van der Waals surface area contributed by atoms with Crippen molar-refractivity contribution in [2.75, 3.05) is 6.61 Å². The summed E-state index contributed by atoms with van der Waals surface area (Å²) in [5.74, 6) is 0.258. The largest absolute Gasteiger partial charge is 0.483 e. The van der Waals surface area contributed by atoms with Gasteiger partial charge in [0.15, 0.2) is 12.9 Å². The van der Waals surface area contributed by atoms with Crippen LogP contribution in [0.25, 0.3) is 0 Å². The molecule has 0 saturated heterocycles. The smallest absolute Gasteiger partial charge is 0.258 e. The van der Waals surface area contributed by atoms with Gasteiger partial charge in [-0.15, -0.1) is 0 Å². The minimum Gasteiger partial charge on any atom is -0.483 e. The molecule has 1 aliphatic rings. The third kappa shape index (κ3) is 3.59. The summed E-state index contributed by atoms with van der Waals surface area (Å²) in [6.07, 6.45) is 3.79. The van der Waals surface area contributed by atoms with Gasteiger partial charge in [0.2, 0.25) is 0 Å². The average molecular weight is 309 g/mol. The van der Waals surface area contributed by atoms with Crippen molar-refractivity contribution in [2.24, 2.45) is 0 Å². The van der Waals surface area contributed by atoms with E-state index >= 15 is 0 Å². The quantitative estimate of drug-likeness (QED) is 0.864. The number of benzene rings is 2. The molecule has 0 radical (unpaired) electrons. The van der Waals surface area contributed by atoms with Crippen LogP contribution in [0, 0.1) is 0 Å². The van der Waals surface area contributed by atoms with Crippen LogP contribution in [0.5, 0.6) is 5.75 Å². The molecule has 0 bridgehead atoms. The summed E-state index contributed by atoms with van der Waals surface area (Å²) in [7, 11) is 0. The van der Waals surface area contributed by atoms with E-state index in [1.54, 1.807) is 24.3 Å². The van der Waals surface area contributed by atoms with Crippen molar-refractivity contribution < 1.29 is 14.3 Å². The van der Waals surface area contributed by atoms with Gasteiger partial charge in [-0.3, -0.25) is 9.59 Å². The van der Waals surface area contributed by atoms with Crippen molar-refractivity contribution in [1.82, 2.24) is 5.32 Å². The molecule has 118 valence electrons. The average Bonchev–Trinajstić information content (AvgIpc) is 2.60. The lowest BCUT2D eigenvalue weighted by atomic mass is 9.88. The standard InChI is InChI=1S/C19H19NO3/c21-12-15-7-2-4-11-18(15)23-13-19(22)20-17-10-5-8-14-6-1-3-9-16(14)17/h1-4,6-7,9,11-12,17H,5,8,10,13H2,(H,20,22)/t17-/m1/s1. The predicted octanol–water partition coefficient (Wildman–Crippen LogP) is 3.07. The van der Waals surface area contributed by atoms with Gasteiger partial charge in [-0.05, 0) is 42.5 Å². The van der Waals surface area contributed by atoms with E-state index in [0.29, 0.717) is 11.3 Å². The molecule has 4 heteroatoms. The summed E-state index contributed by atoms with van der Waals surface area (Å²) >= 11 is 0. The first-order chi connectivity index (χ1) is 11.3. The molecular formula is C19H19NO3. The molecule has 4 nitrogen and oxygen atoms in total. The second kappa shape index (κ2) is 7.09. The van der Waals surface area contributed by atoms with Gasteiger partial charge >= 0.3 is 0 Å². The van der Waals surface area contributed by atoms with E-state index in [-0.39, 0.29) is 18.6 Å². The zero-order valence-corrected chi connectivity index (χ0v) is 12.8. The van der Waals surface area contributed by atoms with Crippen LogP contribution in [-0.2, 0) is 11.2 Å². The third-order valence-electron chi connectivity index (χ3n) is 4.11. The Bertz CT molecular complexity index is 711. The molecule has 1 amide bonds. The zero-order chi connectivity index (χ0) is 16.1. The monoisotopic (exact) mass is 309 g/mol. The molecule has 23 heavy (non-hydrogen) atoms. The first-order valence-electron chi connectivity index (χ1n) is 7.82. The lowest BCUT2D eigenvalue weighted by molar-refractivity contribution is -0.124. The van der Waals surface area contributed by atoms with Crippen molar-refractivity contribution in [3.8, 4) is 5.75 Å². The van der Waals surface area contributed by atoms with Gasteiger partial charge in [0.1, 0.15) is 5.75 Å². The highest BCUT2D eigenvalue weighted by Crippen LogP contribution is 2.29. The fraction of sp³-hybridized carbons (Fsp3) is 0.263. The number of hydrogen-bond acceptors (Lipinski definition) is 3. The lowest BCUT2D eigenvalue weighted by Crippen LogP contribution is -2.34. The second-order valence-electron chi connectivity index (χ2n) is 5.66. The maximum absolute atomic E-state index is 12.2. The maximum Gasteiger partial charge on any atom is 0.258 e. The lowest BCUT2D eigenvalue weighted by Gasteiger charge is -2.26. The molecule has 2 aromatic carbocycles. The summed E-state index contributed by atoms with van der Waals surface area (Å²) in [5, 5.41) is 3.03. The molecule has 1 N–H and O–H groups in total. The van der Waals surface area contributed by atoms with E-state index in [9.17, 15) is 9.59 Å². The Morgan fingerprint density at radius 1 is 1.17 bits per heavy atom. The Hall–Kier alpha value is -2.62. The number of nitrogens with one attached hydrogen (secondary N) is 1. The fourth-order valence-corrected chi connectivity index (χ4v) is 2.99. The topological polar surface area (TPSA) is 55.4 Å². The van der Waals surface area contributed by atoms with Crippen LogP contribution < -0.4 is 10.1 Å². The second-order valence-corrected chi connectivity index (χ2v) is 5.66. The number of ether oxygens (including phenoxy) is 1. The van der Waals surface area contributed by atoms with Crippen LogP contribution in [-0.4, -0.2) is 18.8 Å². The minimum atomic E-state index is -0.174. The molecule has 1 atom stereocenters. The number of rotatable bonds is 5. The molecule has 0 aliphatic heterocycles. The molecule has 0 fully saturated rings. The van der Waals surface area contributed by atoms with Crippen molar-refractivity contribution in [1.29, 1.82) is 0 Å². The van der Waals surface area contributed by atoms with Gasteiger partial charge in [-0.2, -0.15) is 0 Å². The van der Waals surface area contributed by atoms with Gasteiger partial charge in [0.25, 0.3) is 5.91 Å². The highest BCUT2D eigenvalue weighted by molar-refractivity contribution is 5.81. The number of aldehydes is 1. The molecule has 0 spiro atoms. The molecule has 3 rings (SSSR count). The zero-order valence-electron chi connectivity index (χ0n) is 12.8. The first kappa shape index (κ1) is 15.3. The molecule has 2 aromatic rings. The number of fused-ring (bicyclic) bond motifs is 1. The number of carbonyl (C=O) groups excluding carboxylic acids is 2. The Kier molecular flexibility index (Phi) is 4.71. The normalized spacial score (nSPS) is 16.3. The number of para-hydroxylation sites is 1. The van der Waals surface area contributed by atoms with E-state index in [1.807, 2.05) is 12.1 Å². The molecule has 0 unspecified atom stereocenters. The van der Waals surface area contributed by atoms with E-state index in [1.165, 1.54) is 11.1 Å². The van der Waals surface area contributed by atoms with Crippen molar-refractivity contribution >= 4 is 12.2 Å². The summed E-state index contributed by atoms with van der Waals surface area (Å²) in [6.45, 7) is -0.0937. The molecular weight excluding hydrogens is 290 g/mol. The number of carbonyl (C=O) groups is 2. The SMILES string of the molecule is O=Cc1ccccc1OCC(=O)N[C@@H]1CCCc2ccccc21. The summed E-state index contributed by atoms with van der Waals surface area (Å²) in [6, 6.07) is 15.1. The molecule has 0 heterocycles. The molecule has 1 aliphatic carbocycles.